The summed E-state index contributed by atoms with van der Waals surface area (Å²) in [6, 6.07) is 6.31. The summed E-state index contributed by atoms with van der Waals surface area (Å²) in [6.45, 7) is 1.27. The lowest BCUT2D eigenvalue weighted by Gasteiger charge is -2.01. The van der Waals surface area contributed by atoms with Crippen LogP contribution in [0, 0.1) is 5.82 Å². The second-order valence-corrected chi connectivity index (χ2v) is 3.18. The van der Waals surface area contributed by atoms with Crippen molar-refractivity contribution in [3.63, 3.8) is 0 Å². The lowest BCUT2D eigenvalue weighted by Crippen LogP contribution is -2.23. The molecule has 0 heterocycles. The maximum absolute atomic E-state index is 12.5. The van der Waals surface area contributed by atoms with Crippen LogP contribution in [0.3, 0.4) is 0 Å². The summed E-state index contributed by atoms with van der Waals surface area (Å²) in [6.07, 6.45) is 1.74. The van der Waals surface area contributed by atoms with Crippen LogP contribution < -0.4 is 11.0 Å². The molecule has 0 aliphatic carbocycles. The van der Waals surface area contributed by atoms with Crippen molar-refractivity contribution in [1.82, 2.24) is 5.32 Å². The fourth-order valence-electron chi connectivity index (χ4n) is 1.11. The molecule has 0 aromatic heterocycles. The molecule has 0 aliphatic heterocycles. The molecule has 4 N–H and O–H groups in total. The lowest BCUT2D eigenvalue weighted by molar-refractivity contribution is 0.586. The van der Waals surface area contributed by atoms with Crippen LogP contribution in [0.5, 0.6) is 0 Å². The molecule has 5 heteroatoms. The zero-order chi connectivity index (χ0) is 11.1. The van der Waals surface area contributed by atoms with Crippen molar-refractivity contribution in [2.24, 2.45) is 5.64 Å². The first-order chi connectivity index (χ1) is 7.18. The summed E-state index contributed by atoms with van der Waals surface area (Å²) in [5, 5.41) is 11.8. The maximum atomic E-state index is 12.5. The molecule has 0 fully saturated rings. The van der Waals surface area contributed by atoms with Gasteiger partial charge in [-0.05, 0) is 17.7 Å². The normalized spacial score (nSPS) is 10.9. The molecule has 1 rings (SSSR count). The number of hydrogen-bond donors (Lipinski definition) is 3. The molecule has 0 radical (unpaired) electrons. The third-order valence-corrected chi connectivity index (χ3v) is 1.84. The summed E-state index contributed by atoms with van der Waals surface area (Å²) in [5.41, 5.74) is 6.11. The van der Waals surface area contributed by atoms with Gasteiger partial charge in [-0.1, -0.05) is 24.2 Å². The van der Waals surface area contributed by atoms with Gasteiger partial charge in [-0.3, -0.25) is 0 Å². The van der Waals surface area contributed by atoms with E-state index < -0.39 is 7.05 Å². The molecule has 15 heavy (non-hydrogen) atoms. The van der Waals surface area contributed by atoms with Crippen molar-refractivity contribution in [1.29, 1.82) is 0 Å². The standard InChI is InChI=1S/C10H14BFN2O/c12-10-4-2-9(3-5-10)8-14-7-1-6-11(13)15/h1-6,14-15H,7-8,13H2. The van der Waals surface area contributed by atoms with Gasteiger partial charge in [0.05, 0.1) is 0 Å². The first-order valence-electron chi connectivity index (χ1n) is 4.74. The van der Waals surface area contributed by atoms with Gasteiger partial charge < -0.3 is 16.0 Å². The van der Waals surface area contributed by atoms with E-state index in [4.69, 9.17) is 10.7 Å². The molecule has 0 spiro atoms. The van der Waals surface area contributed by atoms with Gasteiger partial charge in [0.15, 0.2) is 0 Å². The largest absolute Gasteiger partial charge is 0.434 e. The minimum absolute atomic E-state index is 0.232. The van der Waals surface area contributed by atoms with Crippen LogP contribution in [0.4, 0.5) is 4.39 Å². The Hall–Kier alpha value is -1.17. The van der Waals surface area contributed by atoms with Crippen molar-refractivity contribution >= 4 is 7.05 Å². The minimum atomic E-state index is -0.905. The summed E-state index contributed by atoms with van der Waals surface area (Å²) in [5.74, 6) is 1.27. The Morgan fingerprint density at radius 2 is 2.07 bits per heavy atom. The monoisotopic (exact) mass is 208 g/mol. The number of nitrogens with one attached hydrogen (secondary N) is 1. The lowest BCUT2D eigenvalue weighted by atomic mass is 9.86. The van der Waals surface area contributed by atoms with E-state index in [9.17, 15) is 4.39 Å². The molecule has 0 atom stereocenters. The third-order valence-electron chi connectivity index (χ3n) is 1.84. The second-order valence-electron chi connectivity index (χ2n) is 3.18. The fourth-order valence-corrected chi connectivity index (χ4v) is 1.11. The van der Waals surface area contributed by atoms with E-state index in [0.717, 1.165) is 5.56 Å². The maximum Gasteiger partial charge on any atom is 0.402 e. The molecule has 3 nitrogen and oxygen atoms in total. The van der Waals surface area contributed by atoms with Crippen molar-refractivity contribution in [2.45, 2.75) is 6.54 Å². The number of hydrogen-bond acceptors (Lipinski definition) is 3. The van der Waals surface area contributed by atoms with Crippen LogP contribution in [-0.4, -0.2) is 18.6 Å². The van der Waals surface area contributed by atoms with E-state index in [1.165, 1.54) is 18.1 Å². The highest BCUT2D eigenvalue weighted by Crippen LogP contribution is 2.01. The van der Waals surface area contributed by atoms with Gasteiger partial charge in [-0.2, -0.15) is 0 Å². The highest BCUT2D eigenvalue weighted by molar-refractivity contribution is 6.52. The van der Waals surface area contributed by atoms with Gasteiger partial charge in [0.2, 0.25) is 0 Å². The summed E-state index contributed by atoms with van der Waals surface area (Å²) in [7, 11) is -0.905. The van der Waals surface area contributed by atoms with Gasteiger partial charge in [0.1, 0.15) is 5.82 Å². The summed E-state index contributed by atoms with van der Waals surface area (Å²) < 4.78 is 12.5. The van der Waals surface area contributed by atoms with Gasteiger partial charge in [0, 0.05) is 13.1 Å². The van der Waals surface area contributed by atoms with Crippen LogP contribution in [0.2, 0.25) is 0 Å². The SMILES string of the molecule is NB(O)C=CCNCc1ccc(F)cc1. The fraction of sp³-hybridized carbons (Fsp3) is 0.200. The summed E-state index contributed by atoms with van der Waals surface area (Å²) >= 11 is 0. The highest BCUT2D eigenvalue weighted by atomic mass is 19.1. The van der Waals surface area contributed by atoms with Crippen LogP contribution in [-0.2, 0) is 6.54 Å². The van der Waals surface area contributed by atoms with Crippen molar-refractivity contribution in [2.75, 3.05) is 6.54 Å². The quantitative estimate of drug-likeness (QED) is 0.486. The van der Waals surface area contributed by atoms with Gasteiger partial charge in [-0.15, -0.1) is 0 Å². The number of rotatable bonds is 5. The predicted octanol–water partition coefficient (Wildman–Crippen LogP) is 0.450. The van der Waals surface area contributed by atoms with E-state index in [1.807, 2.05) is 0 Å². The molecular weight excluding hydrogens is 194 g/mol. The van der Waals surface area contributed by atoms with Crippen molar-refractivity contribution in [3.05, 3.63) is 47.7 Å². The molecule has 0 saturated carbocycles. The van der Waals surface area contributed by atoms with E-state index in [1.54, 1.807) is 18.2 Å². The Bertz CT molecular complexity index is 314. The number of benzene rings is 1. The molecule has 0 bridgehead atoms. The Balaban J connectivity index is 2.23. The molecule has 1 aromatic carbocycles. The smallest absolute Gasteiger partial charge is 0.402 e. The van der Waals surface area contributed by atoms with Gasteiger partial charge >= 0.3 is 7.05 Å². The molecule has 0 saturated heterocycles. The Kier molecular flexibility index (Phi) is 5.04. The Labute approximate surface area is 88.9 Å². The first kappa shape index (κ1) is 11.9. The number of nitrogens with two attached hydrogens (primary N) is 1. The zero-order valence-electron chi connectivity index (χ0n) is 8.36. The average molecular weight is 208 g/mol. The predicted molar refractivity (Wildman–Crippen MR) is 59.4 cm³/mol. The average Bonchev–Trinajstić information content (AvgIpc) is 2.20. The van der Waals surface area contributed by atoms with Crippen LogP contribution in [0.25, 0.3) is 0 Å². The van der Waals surface area contributed by atoms with Gasteiger partial charge in [-0.25, -0.2) is 4.39 Å². The van der Waals surface area contributed by atoms with E-state index >= 15 is 0 Å². The topological polar surface area (TPSA) is 58.3 Å². The summed E-state index contributed by atoms with van der Waals surface area (Å²) in [4.78, 5) is 0. The van der Waals surface area contributed by atoms with Crippen molar-refractivity contribution in [3.8, 4) is 0 Å². The van der Waals surface area contributed by atoms with E-state index in [-0.39, 0.29) is 5.82 Å². The minimum Gasteiger partial charge on any atom is -0.434 e. The van der Waals surface area contributed by atoms with Gasteiger partial charge in [0.25, 0.3) is 0 Å². The Morgan fingerprint density at radius 3 is 2.67 bits per heavy atom. The van der Waals surface area contributed by atoms with Crippen molar-refractivity contribution < 1.29 is 9.41 Å². The molecule has 0 aliphatic rings. The Morgan fingerprint density at radius 1 is 1.40 bits per heavy atom. The third kappa shape index (κ3) is 5.32. The molecule has 0 unspecified atom stereocenters. The van der Waals surface area contributed by atoms with Crippen LogP contribution in [0.15, 0.2) is 36.3 Å². The highest BCUT2D eigenvalue weighted by Gasteiger charge is 1.94. The van der Waals surface area contributed by atoms with E-state index in [2.05, 4.69) is 5.32 Å². The molecule has 80 valence electrons. The first-order valence-corrected chi connectivity index (χ1v) is 4.74. The van der Waals surface area contributed by atoms with Crippen LogP contribution in [0.1, 0.15) is 5.56 Å². The zero-order valence-corrected chi connectivity index (χ0v) is 8.36. The molecule has 1 aromatic rings. The molecular formula is C10H14BFN2O. The van der Waals surface area contributed by atoms with E-state index in [0.29, 0.717) is 13.1 Å². The molecule has 0 amide bonds. The second kappa shape index (κ2) is 6.34. The number of halogens is 1. The van der Waals surface area contributed by atoms with Crippen LogP contribution >= 0.6 is 0 Å².